The lowest BCUT2D eigenvalue weighted by Crippen LogP contribution is -2.35. The molecule has 0 radical (unpaired) electrons. The number of likely N-dealkylation sites (N-methyl/N-ethyl adjacent to an activating group) is 1. The first-order valence-corrected chi connectivity index (χ1v) is 9.75. The normalized spacial score (nSPS) is 19.1. The van der Waals surface area contributed by atoms with E-state index in [-0.39, 0.29) is 35.4 Å². The molecule has 0 aliphatic carbocycles. The van der Waals surface area contributed by atoms with Crippen LogP contribution >= 0.6 is 0 Å². The molecule has 1 aliphatic rings. The Balaban J connectivity index is 1.93. The molecule has 7 nitrogen and oxygen atoms in total. The van der Waals surface area contributed by atoms with Crippen molar-refractivity contribution in [2.45, 2.75) is 32.0 Å². The van der Waals surface area contributed by atoms with Gasteiger partial charge in [-0.3, -0.25) is 19.3 Å². The lowest BCUT2D eigenvalue weighted by molar-refractivity contribution is 0.0946. The number of benzene rings is 1. The van der Waals surface area contributed by atoms with Gasteiger partial charge in [-0.05, 0) is 26.5 Å². The van der Waals surface area contributed by atoms with E-state index in [2.05, 4.69) is 5.32 Å². The van der Waals surface area contributed by atoms with Crippen LogP contribution in [0, 0.1) is 11.6 Å². The number of hydrogen-bond donors (Lipinski definition) is 2. The van der Waals surface area contributed by atoms with Crippen molar-refractivity contribution in [3.05, 3.63) is 75.2 Å². The molecule has 1 aromatic heterocycles. The van der Waals surface area contributed by atoms with Crippen LogP contribution in [0.4, 0.5) is 8.78 Å². The number of carbonyl (C=O) groups is 2. The molecule has 9 heteroatoms. The predicted molar refractivity (Wildman–Crippen MR) is 110 cm³/mol. The fourth-order valence-corrected chi connectivity index (χ4v) is 3.50. The van der Waals surface area contributed by atoms with Gasteiger partial charge in [-0.1, -0.05) is 18.2 Å². The van der Waals surface area contributed by atoms with Gasteiger partial charge < -0.3 is 15.0 Å². The number of nitrogens with one attached hydrogen (secondary N) is 1. The zero-order chi connectivity index (χ0) is 22.7. The third kappa shape index (κ3) is 4.72. The maximum Gasteiger partial charge on any atom is 0.257 e. The summed E-state index contributed by atoms with van der Waals surface area (Å²) in [5, 5.41) is 12.7. The molecule has 164 valence electrons. The van der Waals surface area contributed by atoms with Crippen LogP contribution in [0.5, 0.6) is 5.75 Å². The summed E-state index contributed by atoms with van der Waals surface area (Å²) in [7, 11) is 1.90. The van der Waals surface area contributed by atoms with Crippen molar-refractivity contribution in [1.29, 1.82) is 0 Å². The van der Waals surface area contributed by atoms with Gasteiger partial charge in [-0.25, -0.2) is 8.78 Å². The number of allylic oxidation sites excluding steroid dienone is 1. The Kier molecular flexibility index (Phi) is 6.65. The third-order valence-corrected chi connectivity index (χ3v) is 5.47. The van der Waals surface area contributed by atoms with E-state index in [1.54, 1.807) is 0 Å². The van der Waals surface area contributed by atoms with Crippen molar-refractivity contribution in [2.75, 3.05) is 13.6 Å². The van der Waals surface area contributed by atoms with E-state index in [4.69, 9.17) is 0 Å². The molecule has 2 unspecified atom stereocenters. The van der Waals surface area contributed by atoms with E-state index in [1.165, 1.54) is 16.8 Å². The smallest absolute Gasteiger partial charge is 0.257 e. The molecule has 31 heavy (non-hydrogen) atoms. The van der Waals surface area contributed by atoms with Gasteiger partial charge in [0.15, 0.2) is 12.0 Å². The molecule has 2 aromatic rings. The fourth-order valence-electron chi connectivity index (χ4n) is 3.50. The number of pyridine rings is 1. The highest BCUT2D eigenvalue weighted by atomic mass is 19.1. The van der Waals surface area contributed by atoms with Crippen molar-refractivity contribution >= 4 is 12.2 Å². The summed E-state index contributed by atoms with van der Waals surface area (Å²) in [5.41, 5.74) is -1.56. The molecule has 1 amide bonds. The van der Waals surface area contributed by atoms with Crippen molar-refractivity contribution in [3.8, 4) is 5.75 Å². The Morgan fingerprint density at radius 2 is 2.10 bits per heavy atom. The van der Waals surface area contributed by atoms with Crippen molar-refractivity contribution in [3.63, 3.8) is 0 Å². The summed E-state index contributed by atoms with van der Waals surface area (Å²) in [4.78, 5) is 38.8. The minimum atomic E-state index is -0.999. The van der Waals surface area contributed by atoms with E-state index in [0.717, 1.165) is 6.07 Å². The van der Waals surface area contributed by atoms with Crippen LogP contribution in [-0.2, 0) is 6.54 Å². The van der Waals surface area contributed by atoms with Gasteiger partial charge in [0.2, 0.25) is 5.43 Å². The molecule has 3 rings (SSSR count). The van der Waals surface area contributed by atoms with Crippen LogP contribution < -0.4 is 10.7 Å². The highest BCUT2D eigenvalue weighted by Gasteiger charge is 2.25. The van der Waals surface area contributed by atoms with Crippen LogP contribution in [0.3, 0.4) is 0 Å². The average molecular weight is 431 g/mol. The fraction of sp³-hybridized carbons (Fsp3) is 0.318. The summed E-state index contributed by atoms with van der Waals surface area (Å²) in [6.45, 7) is 2.24. The molecule has 1 aromatic carbocycles. The van der Waals surface area contributed by atoms with Crippen LogP contribution in [0.15, 0.2) is 41.3 Å². The lowest BCUT2D eigenvalue weighted by Gasteiger charge is -2.27. The second-order valence-corrected chi connectivity index (χ2v) is 7.55. The van der Waals surface area contributed by atoms with E-state index < -0.39 is 28.7 Å². The zero-order valence-electron chi connectivity index (χ0n) is 17.1. The second kappa shape index (κ2) is 9.22. The van der Waals surface area contributed by atoms with Gasteiger partial charge in [-0.2, -0.15) is 0 Å². The minimum Gasteiger partial charge on any atom is -0.503 e. The van der Waals surface area contributed by atoms with Crippen molar-refractivity contribution in [1.82, 2.24) is 14.8 Å². The zero-order valence-corrected chi connectivity index (χ0v) is 17.1. The van der Waals surface area contributed by atoms with Gasteiger partial charge in [0.25, 0.3) is 5.91 Å². The first-order chi connectivity index (χ1) is 14.7. The number of aldehydes is 1. The van der Waals surface area contributed by atoms with Gasteiger partial charge >= 0.3 is 0 Å². The van der Waals surface area contributed by atoms with Crippen LogP contribution in [0.25, 0.3) is 0 Å². The maximum atomic E-state index is 13.8. The molecular weight excluding hydrogens is 408 g/mol. The first kappa shape index (κ1) is 22.4. The number of rotatable bonds is 5. The molecule has 0 spiro atoms. The minimum absolute atomic E-state index is 0.0355. The molecule has 0 bridgehead atoms. The number of amides is 1. The highest BCUT2D eigenvalue weighted by Crippen LogP contribution is 2.24. The number of aromatic nitrogens is 1. The summed E-state index contributed by atoms with van der Waals surface area (Å²) in [6.07, 6.45) is 6.10. The van der Waals surface area contributed by atoms with Crippen LogP contribution in [0.1, 0.15) is 45.8 Å². The first-order valence-electron chi connectivity index (χ1n) is 9.75. The van der Waals surface area contributed by atoms with Gasteiger partial charge in [0.1, 0.15) is 22.9 Å². The standard InChI is InChI=1S/C22H23F2N3O4/c1-13-4-3-5-16(10-26(13)2)27-11-17(20(29)21(30)19(27)12-28)22(31)25-9-14-6-7-15(23)8-18(14)24/h3-4,6-8,11-13,16,30H,5,9-10H2,1-2H3,(H,25,31). The Bertz CT molecular complexity index is 1100. The molecule has 0 saturated heterocycles. The average Bonchev–Trinajstić information content (AvgIpc) is 2.89. The molecule has 2 atom stereocenters. The lowest BCUT2D eigenvalue weighted by atomic mass is 10.1. The molecule has 1 aliphatic heterocycles. The second-order valence-electron chi connectivity index (χ2n) is 7.55. The third-order valence-electron chi connectivity index (χ3n) is 5.47. The molecule has 2 heterocycles. The largest absolute Gasteiger partial charge is 0.503 e. The monoisotopic (exact) mass is 431 g/mol. The Labute approximate surface area is 177 Å². The highest BCUT2D eigenvalue weighted by molar-refractivity contribution is 5.95. The maximum absolute atomic E-state index is 13.8. The van der Waals surface area contributed by atoms with E-state index >= 15 is 0 Å². The van der Waals surface area contributed by atoms with Gasteiger partial charge in [0, 0.05) is 37.0 Å². The quantitative estimate of drug-likeness (QED) is 0.560. The van der Waals surface area contributed by atoms with Crippen LogP contribution in [-0.4, -0.2) is 46.4 Å². The molecular formula is C22H23F2N3O4. The van der Waals surface area contributed by atoms with Gasteiger partial charge in [0.05, 0.1) is 6.04 Å². The van der Waals surface area contributed by atoms with E-state index in [0.29, 0.717) is 25.3 Å². The SMILES string of the molecule is CC1C=CCC(n2cc(C(=O)NCc3ccc(F)cc3F)c(=O)c(O)c2C=O)CN1C. The Morgan fingerprint density at radius 3 is 2.77 bits per heavy atom. The summed E-state index contributed by atoms with van der Waals surface area (Å²) in [5.74, 6) is -3.25. The summed E-state index contributed by atoms with van der Waals surface area (Å²) in [6, 6.07) is 2.78. The summed E-state index contributed by atoms with van der Waals surface area (Å²) >= 11 is 0. The Morgan fingerprint density at radius 1 is 1.35 bits per heavy atom. The van der Waals surface area contributed by atoms with Crippen molar-refractivity contribution in [2.24, 2.45) is 0 Å². The number of nitrogens with zero attached hydrogens (tertiary/aromatic N) is 2. The molecule has 0 saturated carbocycles. The van der Waals surface area contributed by atoms with Crippen LogP contribution in [0.2, 0.25) is 0 Å². The van der Waals surface area contributed by atoms with Gasteiger partial charge in [-0.15, -0.1) is 0 Å². The number of aromatic hydroxyl groups is 1. The predicted octanol–water partition coefficient (Wildman–Crippen LogP) is 2.40. The van der Waals surface area contributed by atoms with Crippen molar-refractivity contribution < 1.29 is 23.5 Å². The Hall–Kier alpha value is -3.33. The topological polar surface area (TPSA) is 91.6 Å². The number of halogens is 2. The van der Waals surface area contributed by atoms with E-state index in [9.17, 15) is 28.3 Å². The number of hydrogen-bond acceptors (Lipinski definition) is 5. The number of carbonyl (C=O) groups excluding carboxylic acids is 2. The molecule has 2 N–H and O–H groups in total. The molecule has 0 fully saturated rings. The summed E-state index contributed by atoms with van der Waals surface area (Å²) < 4.78 is 28.3. The van der Waals surface area contributed by atoms with E-state index in [1.807, 2.05) is 31.0 Å².